The molecule has 0 fully saturated rings. The molecule has 0 saturated heterocycles. The van der Waals surface area contributed by atoms with E-state index in [1.807, 2.05) is 72.3 Å². The molecule has 0 saturated carbocycles. The van der Waals surface area contributed by atoms with Crippen LogP contribution in [0.15, 0.2) is 60.7 Å². The number of aromatic nitrogens is 2. The lowest BCUT2D eigenvalue weighted by Gasteiger charge is -2.30. The number of aryl methyl sites for hydroxylation is 1. The monoisotopic (exact) mass is 447 g/mol. The van der Waals surface area contributed by atoms with Crippen LogP contribution in [-0.4, -0.2) is 51.7 Å². The van der Waals surface area contributed by atoms with Crippen molar-refractivity contribution in [2.75, 3.05) is 19.8 Å². The molecule has 0 bridgehead atoms. The molecule has 2 aromatic carbocycles. The van der Waals surface area contributed by atoms with Crippen molar-refractivity contribution in [1.82, 2.24) is 14.7 Å². The van der Waals surface area contributed by atoms with Gasteiger partial charge >= 0.3 is 0 Å². The SMILES string of the molecule is C#CCOC[C@@H](O)CN(Cc1c(C)nn(-c2ccccc2)c1Oc1ccccc1)[C@H](C)CC. The molecule has 0 spiro atoms. The van der Waals surface area contributed by atoms with Gasteiger partial charge in [0.05, 0.1) is 29.7 Å². The number of aliphatic hydroxyl groups is 1. The summed E-state index contributed by atoms with van der Waals surface area (Å²) < 4.78 is 13.6. The molecule has 0 radical (unpaired) electrons. The smallest absolute Gasteiger partial charge is 0.227 e. The molecule has 1 heterocycles. The number of ether oxygens (including phenoxy) is 2. The zero-order chi connectivity index (χ0) is 23.6. The van der Waals surface area contributed by atoms with E-state index < -0.39 is 6.10 Å². The van der Waals surface area contributed by atoms with Gasteiger partial charge in [0, 0.05) is 19.1 Å². The Morgan fingerprint density at radius 2 is 1.79 bits per heavy atom. The molecule has 3 aromatic rings. The second-order valence-electron chi connectivity index (χ2n) is 8.09. The summed E-state index contributed by atoms with van der Waals surface area (Å²) in [6.45, 7) is 7.73. The molecule has 33 heavy (non-hydrogen) atoms. The van der Waals surface area contributed by atoms with Gasteiger partial charge in [0.25, 0.3) is 0 Å². The first kappa shape index (κ1) is 24.5. The minimum Gasteiger partial charge on any atom is -0.439 e. The minimum absolute atomic E-state index is 0.193. The molecule has 3 rings (SSSR count). The zero-order valence-electron chi connectivity index (χ0n) is 19.6. The van der Waals surface area contributed by atoms with E-state index in [4.69, 9.17) is 21.0 Å². The van der Waals surface area contributed by atoms with E-state index in [0.717, 1.165) is 29.1 Å². The van der Waals surface area contributed by atoms with Gasteiger partial charge < -0.3 is 14.6 Å². The van der Waals surface area contributed by atoms with Crippen LogP contribution in [-0.2, 0) is 11.3 Å². The fourth-order valence-electron chi connectivity index (χ4n) is 3.61. The molecule has 1 N–H and O–H groups in total. The summed E-state index contributed by atoms with van der Waals surface area (Å²) >= 11 is 0. The van der Waals surface area contributed by atoms with Gasteiger partial charge in [-0.3, -0.25) is 4.90 Å². The molecule has 0 aliphatic heterocycles. The third-order valence-electron chi connectivity index (χ3n) is 5.61. The van der Waals surface area contributed by atoms with Crippen molar-refractivity contribution in [3.63, 3.8) is 0 Å². The van der Waals surface area contributed by atoms with Gasteiger partial charge in [-0.1, -0.05) is 49.2 Å². The number of terminal acetylenes is 1. The Morgan fingerprint density at radius 1 is 1.12 bits per heavy atom. The van der Waals surface area contributed by atoms with Crippen molar-refractivity contribution in [2.45, 2.75) is 45.9 Å². The number of aliphatic hydroxyl groups excluding tert-OH is 1. The highest BCUT2D eigenvalue weighted by Crippen LogP contribution is 2.32. The fourth-order valence-corrected chi connectivity index (χ4v) is 3.61. The maximum Gasteiger partial charge on any atom is 0.227 e. The predicted octanol–water partition coefficient (Wildman–Crippen LogP) is 4.58. The first-order chi connectivity index (χ1) is 16.0. The van der Waals surface area contributed by atoms with E-state index in [0.29, 0.717) is 19.0 Å². The van der Waals surface area contributed by atoms with E-state index in [1.165, 1.54) is 0 Å². The second-order valence-corrected chi connectivity index (χ2v) is 8.09. The number of rotatable bonds is 12. The predicted molar refractivity (Wildman–Crippen MR) is 131 cm³/mol. The molecule has 6 heteroatoms. The van der Waals surface area contributed by atoms with Crippen LogP contribution in [0.3, 0.4) is 0 Å². The van der Waals surface area contributed by atoms with Crippen molar-refractivity contribution in [2.24, 2.45) is 0 Å². The Bertz CT molecular complexity index is 1030. The molecule has 174 valence electrons. The molecule has 2 atom stereocenters. The molecule has 0 aliphatic carbocycles. The molecule has 0 amide bonds. The van der Waals surface area contributed by atoms with Crippen molar-refractivity contribution in [3.05, 3.63) is 71.9 Å². The van der Waals surface area contributed by atoms with Crippen LogP contribution in [0, 0.1) is 19.3 Å². The van der Waals surface area contributed by atoms with Gasteiger partial charge in [0.15, 0.2) is 0 Å². The van der Waals surface area contributed by atoms with E-state index in [2.05, 4.69) is 24.7 Å². The summed E-state index contributed by atoms with van der Waals surface area (Å²) in [4.78, 5) is 2.24. The quantitative estimate of drug-likeness (QED) is 0.325. The summed E-state index contributed by atoms with van der Waals surface area (Å²) in [6.07, 6.45) is 5.54. The number of hydrogen-bond acceptors (Lipinski definition) is 5. The zero-order valence-corrected chi connectivity index (χ0v) is 19.6. The standard InChI is InChI=1S/C27H33N3O3/c1-5-17-32-20-24(31)18-29(21(3)6-2)19-26-22(4)28-30(23-13-9-7-10-14-23)27(26)33-25-15-11-8-12-16-25/h1,7-16,21,24,31H,6,17-20H2,2-4H3/t21-,24+/m1/s1. The van der Waals surface area contributed by atoms with E-state index >= 15 is 0 Å². The van der Waals surface area contributed by atoms with Gasteiger partial charge in [0.1, 0.15) is 12.4 Å². The van der Waals surface area contributed by atoms with E-state index in [-0.39, 0.29) is 19.3 Å². The summed E-state index contributed by atoms with van der Waals surface area (Å²) in [5.41, 5.74) is 2.80. The lowest BCUT2D eigenvalue weighted by Crippen LogP contribution is -2.40. The highest BCUT2D eigenvalue weighted by Gasteiger charge is 2.24. The summed E-state index contributed by atoms with van der Waals surface area (Å²) in [5, 5.41) is 15.3. The molecular weight excluding hydrogens is 414 g/mol. The topological polar surface area (TPSA) is 59.8 Å². The third-order valence-corrected chi connectivity index (χ3v) is 5.61. The molecule has 1 aromatic heterocycles. The summed E-state index contributed by atoms with van der Waals surface area (Å²) in [6, 6.07) is 19.9. The number of para-hydroxylation sites is 2. The van der Waals surface area contributed by atoms with Crippen LogP contribution in [0.5, 0.6) is 11.6 Å². The highest BCUT2D eigenvalue weighted by atomic mass is 16.5. The number of nitrogens with zero attached hydrogens (tertiary/aromatic N) is 3. The summed E-state index contributed by atoms with van der Waals surface area (Å²) in [5.74, 6) is 3.85. The third kappa shape index (κ3) is 6.69. The lowest BCUT2D eigenvalue weighted by atomic mass is 10.1. The van der Waals surface area contributed by atoms with Crippen LogP contribution in [0.4, 0.5) is 0 Å². The van der Waals surface area contributed by atoms with Gasteiger partial charge in [-0.25, -0.2) is 4.68 Å². The molecule has 0 aliphatic rings. The van der Waals surface area contributed by atoms with Gasteiger partial charge in [0.2, 0.25) is 5.88 Å². The van der Waals surface area contributed by atoms with Gasteiger partial charge in [-0.15, -0.1) is 6.42 Å². The fraction of sp³-hybridized carbons (Fsp3) is 0.370. The van der Waals surface area contributed by atoms with Crippen molar-refractivity contribution >= 4 is 0 Å². The highest BCUT2D eigenvalue weighted by molar-refractivity contribution is 5.43. The van der Waals surface area contributed by atoms with Crippen LogP contribution >= 0.6 is 0 Å². The first-order valence-electron chi connectivity index (χ1n) is 11.3. The lowest BCUT2D eigenvalue weighted by molar-refractivity contribution is 0.0168. The van der Waals surface area contributed by atoms with Crippen molar-refractivity contribution in [3.8, 4) is 29.7 Å². The van der Waals surface area contributed by atoms with Crippen molar-refractivity contribution < 1.29 is 14.6 Å². The molecule has 6 nitrogen and oxygen atoms in total. The second kappa shape index (κ2) is 12.2. The van der Waals surface area contributed by atoms with Gasteiger partial charge in [-0.05, 0) is 44.5 Å². The van der Waals surface area contributed by atoms with Gasteiger partial charge in [-0.2, -0.15) is 5.10 Å². The maximum absolute atomic E-state index is 10.5. The Morgan fingerprint density at radius 3 is 2.42 bits per heavy atom. The average molecular weight is 448 g/mol. The molecular formula is C27H33N3O3. The van der Waals surface area contributed by atoms with Crippen molar-refractivity contribution in [1.29, 1.82) is 0 Å². The Hall–Kier alpha value is -3.11. The van der Waals surface area contributed by atoms with Crippen LogP contribution in [0.25, 0.3) is 5.69 Å². The van der Waals surface area contributed by atoms with Crippen LogP contribution in [0.2, 0.25) is 0 Å². The van der Waals surface area contributed by atoms with Crippen LogP contribution < -0.4 is 4.74 Å². The average Bonchev–Trinajstić information content (AvgIpc) is 3.14. The Balaban J connectivity index is 1.94. The normalized spacial score (nSPS) is 13.0. The minimum atomic E-state index is -0.643. The Kier molecular flexibility index (Phi) is 9.08. The Labute approximate surface area is 196 Å². The number of benzene rings is 2. The molecule has 0 unspecified atom stereocenters. The van der Waals surface area contributed by atoms with E-state index in [1.54, 1.807) is 0 Å². The van der Waals surface area contributed by atoms with E-state index in [9.17, 15) is 5.11 Å². The largest absolute Gasteiger partial charge is 0.439 e. The number of hydrogen-bond donors (Lipinski definition) is 1. The van der Waals surface area contributed by atoms with Crippen LogP contribution in [0.1, 0.15) is 31.5 Å². The summed E-state index contributed by atoms with van der Waals surface area (Å²) in [7, 11) is 0. The maximum atomic E-state index is 10.5. The first-order valence-corrected chi connectivity index (χ1v) is 11.3.